The molecule has 4 aromatic carbocycles. The minimum Gasteiger partial charge on any atom is -0.354 e. The molecule has 0 aliphatic rings. The third kappa shape index (κ3) is 5.13. The lowest BCUT2D eigenvalue weighted by Gasteiger charge is -2.38. The van der Waals surface area contributed by atoms with Gasteiger partial charge in [0.2, 0.25) is 0 Å². The monoisotopic (exact) mass is 421 g/mol. The molecule has 0 spiro atoms. The standard InChI is InChI=1S/C29H28N2O/c1-30-29(32)23-31(21-24-11-5-2-6-12-24,22-25-13-7-3-8-14-25)28-19-17-27(18-20-28)26-15-9-4-10-16-26/h2-20H,21-23H2,1H3/p+1. The summed E-state index contributed by atoms with van der Waals surface area (Å²) in [4.78, 5) is 12.7. The van der Waals surface area contributed by atoms with Gasteiger partial charge in [-0.05, 0) is 35.4 Å². The minimum atomic E-state index is 0.0315. The van der Waals surface area contributed by atoms with Crippen molar-refractivity contribution in [3.63, 3.8) is 0 Å². The number of likely N-dealkylation sites (N-methyl/N-ethyl adjacent to an activating group) is 1. The van der Waals surface area contributed by atoms with Gasteiger partial charge in [0, 0.05) is 18.2 Å². The summed E-state index contributed by atoms with van der Waals surface area (Å²) >= 11 is 0. The number of carbonyl (C=O) groups is 1. The fourth-order valence-electron chi connectivity index (χ4n) is 4.26. The quantitative estimate of drug-likeness (QED) is 0.358. The lowest BCUT2D eigenvalue weighted by molar-refractivity contribution is -0.121. The number of nitrogens with one attached hydrogen (secondary N) is 1. The van der Waals surface area contributed by atoms with Crippen molar-refractivity contribution in [1.29, 1.82) is 0 Å². The van der Waals surface area contributed by atoms with E-state index < -0.39 is 0 Å². The Labute approximate surface area is 190 Å². The highest BCUT2D eigenvalue weighted by molar-refractivity contribution is 5.80. The van der Waals surface area contributed by atoms with E-state index in [2.05, 4.69) is 102 Å². The van der Waals surface area contributed by atoms with Crippen LogP contribution >= 0.6 is 0 Å². The zero-order valence-corrected chi connectivity index (χ0v) is 18.4. The van der Waals surface area contributed by atoms with Crippen molar-refractivity contribution in [3.05, 3.63) is 126 Å². The van der Waals surface area contributed by atoms with E-state index in [0.29, 0.717) is 11.0 Å². The molecule has 0 radical (unpaired) electrons. The average Bonchev–Trinajstić information content (AvgIpc) is 2.86. The molecule has 0 atom stereocenters. The Hall–Kier alpha value is -3.69. The second-order valence-corrected chi connectivity index (χ2v) is 8.18. The highest BCUT2D eigenvalue weighted by atomic mass is 16.2. The van der Waals surface area contributed by atoms with E-state index in [-0.39, 0.29) is 5.91 Å². The molecule has 1 amide bonds. The molecule has 4 rings (SSSR count). The van der Waals surface area contributed by atoms with Gasteiger partial charge in [-0.1, -0.05) is 91.0 Å². The van der Waals surface area contributed by atoms with Gasteiger partial charge in [0.05, 0.1) is 0 Å². The molecule has 0 heterocycles. The second-order valence-electron chi connectivity index (χ2n) is 8.18. The van der Waals surface area contributed by atoms with Crippen molar-refractivity contribution < 1.29 is 4.79 Å². The van der Waals surface area contributed by atoms with Crippen molar-refractivity contribution in [1.82, 2.24) is 9.80 Å². The molecule has 3 nitrogen and oxygen atoms in total. The van der Waals surface area contributed by atoms with E-state index in [4.69, 9.17) is 0 Å². The molecular formula is C29H29N2O+. The number of quaternary nitrogens is 1. The molecule has 32 heavy (non-hydrogen) atoms. The number of carbonyl (C=O) groups excluding carboxylic acids is 1. The Morgan fingerprint density at radius 2 is 1.06 bits per heavy atom. The van der Waals surface area contributed by atoms with Crippen LogP contribution in [0.25, 0.3) is 11.1 Å². The first kappa shape index (κ1) is 21.5. The van der Waals surface area contributed by atoms with Gasteiger partial charge in [-0.15, -0.1) is 0 Å². The van der Waals surface area contributed by atoms with E-state index in [1.807, 2.05) is 18.2 Å². The zero-order chi connectivity index (χ0) is 22.2. The Balaban J connectivity index is 1.79. The van der Waals surface area contributed by atoms with Crippen LogP contribution in [0.4, 0.5) is 5.69 Å². The van der Waals surface area contributed by atoms with Crippen LogP contribution in [0.15, 0.2) is 115 Å². The summed E-state index contributed by atoms with van der Waals surface area (Å²) in [5.74, 6) is 0.0315. The number of nitrogens with zero attached hydrogens (tertiary/aromatic N) is 1. The van der Waals surface area contributed by atoms with Crippen LogP contribution in [0, 0.1) is 0 Å². The molecule has 0 saturated heterocycles. The van der Waals surface area contributed by atoms with Gasteiger partial charge in [-0.2, -0.15) is 0 Å². The summed E-state index contributed by atoms with van der Waals surface area (Å²) < 4.78 is 0.517. The molecule has 3 heteroatoms. The van der Waals surface area contributed by atoms with E-state index in [9.17, 15) is 4.79 Å². The fourth-order valence-corrected chi connectivity index (χ4v) is 4.26. The predicted molar refractivity (Wildman–Crippen MR) is 133 cm³/mol. The molecular weight excluding hydrogens is 392 g/mol. The van der Waals surface area contributed by atoms with Crippen LogP contribution in [0.1, 0.15) is 11.1 Å². The summed E-state index contributed by atoms with van der Waals surface area (Å²) in [5.41, 5.74) is 5.90. The molecule has 0 saturated carbocycles. The summed E-state index contributed by atoms with van der Waals surface area (Å²) in [6, 6.07) is 39.9. The van der Waals surface area contributed by atoms with Crippen LogP contribution < -0.4 is 9.80 Å². The van der Waals surface area contributed by atoms with Gasteiger partial charge in [0.15, 0.2) is 6.54 Å². The van der Waals surface area contributed by atoms with E-state index in [0.717, 1.165) is 18.8 Å². The maximum Gasteiger partial charge on any atom is 0.275 e. The fraction of sp³-hybridized carbons (Fsp3) is 0.138. The SMILES string of the molecule is CNC(=O)C[N+](Cc1ccccc1)(Cc1ccccc1)c1ccc(-c2ccccc2)cc1. The van der Waals surface area contributed by atoms with E-state index >= 15 is 0 Å². The number of rotatable bonds is 8. The zero-order valence-electron chi connectivity index (χ0n) is 18.4. The smallest absolute Gasteiger partial charge is 0.275 e. The van der Waals surface area contributed by atoms with Crippen LogP contribution in [-0.4, -0.2) is 19.5 Å². The Kier molecular flexibility index (Phi) is 6.78. The third-order valence-electron chi connectivity index (χ3n) is 5.90. The minimum absolute atomic E-state index is 0.0315. The van der Waals surface area contributed by atoms with Crippen LogP contribution in [-0.2, 0) is 17.9 Å². The van der Waals surface area contributed by atoms with Crippen molar-refractivity contribution in [3.8, 4) is 11.1 Å². The molecule has 0 aliphatic carbocycles. The number of hydrogen-bond acceptors (Lipinski definition) is 1. The second kappa shape index (κ2) is 10.1. The maximum absolute atomic E-state index is 12.7. The topological polar surface area (TPSA) is 29.1 Å². The van der Waals surface area contributed by atoms with E-state index in [1.54, 1.807) is 7.05 Å². The van der Waals surface area contributed by atoms with Crippen molar-refractivity contribution in [2.45, 2.75) is 13.1 Å². The molecule has 0 bridgehead atoms. The Bertz CT molecular complexity index is 1080. The number of hydrogen-bond donors (Lipinski definition) is 1. The van der Waals surface area contributed by atoms with Crippen molar-refractivity contribution in [2.75, 3.05) is 13.6 Å². The molecule has 4 aromatic rings. The summed E-state index contributed by atoms with van der Waals surface area (Å²) in [6.45, 7) is 1.83. The van der Waals surface area contributed by atoms with Crippen molar-refractivity contribution in [2.24, 2.45) is 0 Å². The maximum atomic E-state index is 12.7. The Morgan fingerprint density at radius 1 is 0.625 bits per heavy atom. The lowest BCUT2D eigenvalue weighted by atomic mass is 10.0. The first-order valence-corrected chi connectivity index (χ1v) is 11.0. The first-order chi connectivity index (χ1) is 15.7. The molecule has 1 N–H and O–H groups in total. The summed E-state index contributed by atoms with van der Waals surface area (Å²) in [7, 11) is 1.71. The molecule has 160 valence electrons. The normalized spacial score (nSPS) is 11.2. The number of amides is 1. The highest BCUT2D eigenvalue weighted by Gasteiger charge is 2.34. The first-order valence-electron chi connectivity index (χ1n) is 11.0. The predicted octanol–water partition coefficient (Wildman–Crippen LogP) is 5.81. The average molecular weight is 422 g/mol. The van der Waals surface area contributed by atoms with Crippen LogP contribution in [0.5, 0.6) is 0 Å². The van der Waals surface area contributed by atoms with Gasteiger partial charge < -0.3 is 5.32 Å². The summed E-state index contributed by atoms with van der Waals surface area (Å²) in [6.07, 6.45) is 0. The highest BCUT2D eigenvalue weighted by Crippen LogP contribution is 2.32. The van der Waals surface area contributed by atoms with Gasteiger partial charge in [-0.3, -0.25) is 9.28 Å². The molecule has 0 aliphatic heterocycles. The largest absolute Gasteiger partial charge is 0.354 e. The molecule has 0 aromatic heterocycles. The van der Waals surface area contributed by atoms with Gasteiger partial charge in [0.25, 0.3) is 5.91 Å². The van der Waals surface area contributed by atoms with Gasteiger partial charge in [-0.25, -0.2) is 0 Å². The van der Waals surface area contributed by atoms with Crippen molar-refractivity contribution >= 4 is 11.6 Å². The van der Waals surface area contributed by atoms with Gasteiger partial charge >= 0.3 is 0 Å². The third-order valence-corrected chi connectivity index (χ3v) is 5.90. The van der Waals surface area contributed by atoms with Gasteiger partial charge in [0.1, 0.15) is 18.8 Å². The Morgan fingerprint density at radius 3 is 1.53 bits per heavy atom. The summed E-state index contributed by atoms with van der Waals surface area (Å²) in [5, 5.41) is 2.84. The van der Waals surface area contributed by atoms with Crippen LogP contribution in [0.2, 0.25) is 0 Å². The number of benzene rings is 4. The lowest BCUT2D eigenvalue weighted by Crippen LogP contribution is -2.53. The molecule has 0 unspecified atom stereocenters. The van der Waals surface area contributed by atoms with E-state index in [1.165, 1.54) is 22.3 Å². The molecule has 0 fully saturated rings. The van der Waals surface area contributed by atoms with Crippen LogP contribution in [0.3, 0.4) is 0 Å².